The van der Waals surface area contributed by atoms with Gasteiger partial charge in [-0.15, -0.1) is 11.3 Å². The summed E-state index contributed by atoms with van der Waals surface area (Å²) in [7, 11) is 0. The maximum Gasteiger partial charge on any atom is 0.416 e. The highest BCUT2D eigenvalue weighted by Gasteiger charge is 2.33. The largest absolute Gasteiger partial charge is 0.416 e. The molecule has 4 nitrogen and oxygen atoms in total. The smallest absolute Gasteiger partial charge is 0.350 e. The summed E-state index contributed by atoms with van der Waals surface area (Å²) in [5.41, 5.74) is -0.0293. The highest BCUT2D eigenvalue weighted by molar-refractivity contribution is 7.10. The third-order valence-electron chi connectivity index (χ3n) is 5.40. The Balaban J connectivity index is 1.49. The van der Waals surface area contributed by atoms with Crippen molar-refractivity contribution in [2.45, 2.75) is 25.2 Å². The summed E-state index contributed by atoms with van der Waals surface area (Å²) in [5.74, 6) is -0.939. The van der Waals surface area contributed by atoms with Gasteiger partial charge in [-0.05, 0) is 39.4 Å². The minimum absolute atomic E-state index is 0.0460. The van der Waals surface area contributed by atoms with Crippen LogP contribution in [0.4, 0.5) is 13.2 Å². The van der Waals surface area contributed by atoms with E-state index in [-0.39, 0.29) is 24.4 Å². The number of rotatable bonds is 7. The summed E-state index contributed by atoms with van der Waals surface area (Å²) >= 11 is 1.28. The average Bonchev–Trinajstić information content (AvgIpc) is 3.35. The van der Waals surface area contributed by atoms with Gasteiger partial charge in [-0.25, -0.2) is 0 Å². The van der Waals surface area contributed by atoms with Crippen molar-refractivity contribution in [1.82, 2.24) is 10.6 Å². The first-order chi connectivity index (χ1) is 16.3. The summed E-state index contributed by atoms with van der Waals surface area (Å²) in [5, 5.41) is 9.02. The van der Waals surface area contributed by atoms with Crippen LogP contribution in [0.25, 0.3) is 10.8 Å². The summed E-state index contributed by atoms with van der Waals surface area (Å²) in [6.45, 7) is -0.310. The van der Waals surface area contributed by atoms with E-state index in [0.717, 1.165) is 22.4 Å². The summed E-state index contributed by atoms with van der Waals surface area (Å²) in [4.78, 5) is 26.5. The zero-order chi connectivity index (χ0) is 24.1. The monoisotopic (exact) mass is 482 g/mol. The lowest BCUT2D eigenvalue weighted by Crippen LogP contribution is -2.40. The fourth-order valence-corrected chi connectivity index (χ4v) is 4.56. The van der Waals surface area contributed by atoms with Gasteiger partial charge in [0.25, 0.3) is 0 Å². The van der Waals surface area contributed by atoms with Gasteiger partial charge in [0.2, 0.25) is 11.8 Å². The van der Waals surface area contributed by atoms with Crippen LogP contribution in [0.5, 0.6) is 0 Å². The highest BCUT2D eigenvalue weighted by Crippen LogP contribution is 2.32. The quantitative estimate of drug-likeness (QED) is 0.358. The van der Waals surface area contributed by atoms with Crippen LogP contribution in [0.15, 0.2) is 84.2 Å². The third kappa shape index (κ3) is 5.46. The van der Waals surface area contributed by atoms with Crippen LogP contribution in [0.2, 0.25) is 0 Å². The molecule has 0 spiro atoms. The van der Waals surface area contributed by atoms with E-state index in [1.807, 2.05) is 42.5 Å². The number of benzene rings is 3. The standard InChI is InChI=1S/C26H21F3N2O2S/c27-26(28,29)21-12-4-2-8-19(21)16-30-25(33)24(22-13-6-14-34-22)31-23(32)15-18-10-5-9-17-7-1-3-11-20(17)18/h1-14,24H,15-16H2,(H,30,33)(H,31,32). The summed E-state index contributed by atoms with van der Waals surface area (Å²) in [6.07, 6.45) is -4.46. The lowest BCUT2D eigenvalue weighted by molar-refractivity contribution is -0.138. The van der Waals surface area contributed by atoms with Gasteiger partial charge in [0.05, 0.1) is 12.0 Å². The Kier molecular flexibility index (Phi) is 6.98. The van der Waals surface area contributed by atoms with Gasteiger partial charge in [-0.2, -0.15) is 13.2 Å². The molecule has 0 saturated heterocycles. The minimum atomic E-state index is -4.53. The Labute approximate surface area is 198 Å². The molecule has 0 aliphatic heterocycles. The molecule has 1 unspecified atom stereocenters. The SMILES string of the molecule is O=C(Cc1cccc2ccccc12)NC(C(=O)NCc1ccccc1C(F)(F)F)c1cccs1. The van der Waals surface area contributed by atoms with Crippen molar-refractivity contribution in [3.05, 3.63) is 106 Å². The second-order valence-electron chi connectivity index (χ2n) is 7.70. The minimum Gasteiger partial charge on any atom is -0.350 e. The third-order valence-corrected chi connectivity index (χ3v) is 6.34. The first kappa shape index (κ1) is 23.5. The number of fused-ring (bicyclic) bond motifs is 1. The van der Waals surface area contributed by atoms with E-state index in [1.165, 1.54) is 29.5 Å². The molecular weight excluding hydrogens is 461 g/mol. The Morgan fingerprint density at radius 1 is 0.853 bits per heavy atom. The fraction of sp³-hybridized carbons (Fsp3) is 0.154. The van der Waals surface area contributed by atoms with Gasteiger partial charge >= 0.3 is 6.18 Å². The van der Waals surface area contributed by atoms with Crippen molar-refractivity contribution in [3.8, 4) is 0 Å². The second-order valence-corrected chi connectivity index (χ2v) is 8.68. The molecule has 2 amide bonds. The molecule has 0 bridgehead atoms. The maximum atomic E-state index is 13.3. The number of hydrogen-bond donors (Lipinski definition) is 2. The van der Waals surface area contributed by atoms with Gasteiger partial charge in [0.15, 0.2) is 0 Å². The number of thiophene rings is 1. The molecule has 0 aliphatic carbocycles. The van der Waals surface area contributed by atoms with Crippen molar-refractivity contribution >= 4 is 33.9 Å². The van der Waals surface area contributed by atoms with Gasteiger partial charge in [0, 0.05) is 11.4 Å². The van der Waals surface area contributed by atoms with E-state index < -0.39 is 23.7 Å². The van der Waals surface area contributed by atoms with Crippen LogP contribution in [-0.4, -0.2) is 11.8 Å². The molecule has 4 rings (SSSR count). The molecule has 0 aliphatic rings. The molecule has 2 N–H and O–H groups in total. The lowest BCUT2D eigenvalue weighted by Gasteiger charge is -2.19. The van der Waals surface area contributed by atoms with Crippen LogP contribution in [0, 0.1) is 0 Å². The molecule has 0 radical (unpaired) electrons. The number of halogens is 3. The predicted molar refractivity (Wildman–Crippen MR) is 126 cm³/mol. The van der Waals surface area contributed by atoms with E-state index in [0.29, 0.717) is 4.88 Å². The number of amides is 2. The zero-order valence-electron chi connectivity index (χ0n) is 17.9. The Hall–Kier alpha value is -3.65. The molecular formula is C26H21F3N2O2S. The van der Waals surface area contributed by atoms with Crippen LogP contribution in [0.3, 0.4) is 0 Å². The molecule has 174 valence electrons. The van der Waals surface area contributed by atoms with Crippen molar-refractivity contribution in [2.75, 3.05) is 0 Å². The molecule has 1 heterocycles. The Morgan fingerprint density at radius 3 is 2.32 bits per heavy atom. The van der Waals surface area contributed by atoms with Crippen molar-refractivity contribution in [1.29, 1.82) is 0 Å². The molecule has 34 heavy (non-hydrogen) atoms. The normalized spacial score (nSPS) is 12.3. The van der Waals surface area contributed by atoms with E-state index >= 15 is 0 Å². The molecule has 8 heteroatoms. The average molecular weight is 483 g/mol. The van der Waals surface area contributed by atoms with Gasteiger partial charge < -0.3 is 10.6 Å². The highest BCUT2D eigenvalue weighted by atomic mass is 32.1. The second kappa shape index (κ2) is 10.1. The summed E-state index contributed by atoms with van der Waals surface area (Å²) in [6, 6.07) is 20.9. The van der Waals surface area contributed by atoms with Crippen molar-refractivity contribution in [2.24, 2.45) is 0 Å². The first-order valence-electron chi connectivity index (χ1n) is 10.5. The van der Waals surface area contributed by atoms with Crippen LogP contribution < -0.4 is 10.6 Å². The topological polar surface area (TPSA) is 58.2 Å². The predicted octanol–water partition coefficient (Wildman–Crippen LogP) is 5.64. The van der Waals surface area contributed by atoms with Crippen molar-refractivity contribution < 1.29 is 22.8 Å². The fourth-order valence-electron chi connectivity index (χ4n) is 3.79. The number of carbonyl (C=O) groups is 2. The molecule has 3 aromatic carbocycles. The van der Waals surface area contributed by atoms with E-state index in [9.17, 15) is 22.8 Å². The van der Waals surface area contributed by atoms with E-state index in [1.54, 1.807) is 17.5 Å². The van der Waals surface area contributed by atoms with Crippen LogP contribution in [0.1, 0.15) is 27.6 Å². The van der Waals surface area contributed by atoms with Gasteiger partial charge in [0.1, 0.15) is 6.04 Å². The number of nitrogens with one attached hydrogen (secondary N) is 2. The summed E-state index contributed by atoms with van der Waals surface area (Å²) < 4.78 is 39.8. The van der Waals surface area contributed by atoms with Gasteiger partial charge in [-0.1, -0.05) is 66.7 Å². The van der Waals surface area contributed by atoms with Gasteiger partial charge in [-0.3, -0.25) is 9.59 Å². The molecule has 1 atom stereocenters. The van der Waals surface area contributed by atoms with Crippen molar-refractivity contribution in [3.63, 3.8) is 0 Å². The number of alkyl halides is 3. The molecule has 0 saturated carbocycles. The number of carbonyl (C=O) groups excluding carboxylic acids is 2. The molecule has 1 aromatic heterocycles. The van der Waals surface area contributed by atoms with Crippen LogP contribution >= 0.6 is 11.3 Å². The van der Waals surface area contributed by atoms with E-state index in [4.69, 9.17) is 0 Å². The number of hydrogen-bond acceptors (Lipinski definition) is 3. The van der Waals surface area contributed by atoms with Crippen LogP contribution in [-0.2, 0) is 28.7 Å². The molecule has 0 fully saturated rings. The zero-order valence-corrected chi connectivity index (χ0v) is 18.7. The Morgan fingerprint density at radius 2 is 1.56 bits per heavy atom. The Bertz CT molecular complexity index is 1300. The maximum absolute atomic E-state index is 13.3. The van der Waals surface area contributed by atoms with E-state index in [2.05, 4.69) is 10.6 Å². The molecule has 4 aromatic rings. The lowest BCUT2D eigenvalue weighted by atomic mass is 10.0. The first-order valence-corrected chi connectivity index (χ1v) is 11.4.